The van der Waals surface area contributed by atoms with Gasteiger partial charge in [0, 0.05) is 6.20 Å². The lowest BCUT2D eigenvalue weighted by atomic mass is 10.5. The van der Waals surface area contributed by atoms with E-state index in [1.807, 2.05) is 6.07 Å². The molecule has 5 nitrogen and oxygen atoms in total. The van der Waals surface area contributed by atoms with E-state index >= 15 is 0 Å². The van der Waals surface area contributed by atoms with Crippen molar-refractivity contribution in [3.63, 3.8) is 0 Å². The molecule has 2 heterocycles. The van der Waals surface area contributed by atoms with Gasteiger partial charge in [-0.3, -0.25) is 0 Å². The van der Waals surface area contributed by atoms with Crippen LogP contribution in [0.25, 0.3) is 0 Å². The van der Waals surface area contributed by atoms with Crippen LogP contribution in [0.3, 0.4) is 0 Å². The number of nitrogens with zero attached hydrogens (tertiary/aromatic N) is 4. The van der Waals surface area contributed by atoms with Gasteiger partial charge in [0.2, 0.25) is 16.5 Å². The molecule has 0 aliphatic rings. The Morgan fingerprint density at radius 1 is 1.00 bits per heavy atom. The van der Waals surface area contributed by atoms with Crippen molar-refractivity contribution in [3.8, 4) is 0 Å². The molecule has 0 aliphatic carbocycles. The molecular formula is C8H5Cl2N5. The average Bonchev–Trinajstić information content (AvgIpc) is 2.17. The summed E-state index contributed by atoms with van der Waals surface area (Å²) in [5, 5.41) is 2.91. The van der Waals surface area contributed by atoms with Crippen LogP contribution in [0.2, 0.25) is 10.6 Å². The minimum Gasteiger partial charge on any atom is -0.309 e. The number of hydrogen-bond donors (Lipinski definition) is 1. The molecule has 2 aromatic rings. The molecule has 0 unspecified atom stereocenters. The highest BCUT2D eigenvalue weighted by Crippen LogP contribution is 2.13. The first-order chi connectivity index (χ1) is 7.24. The van der Waals surface area contributed by atoms with Crippen molar-refractivity contribution in [2.45, 2.75) is 0 Å². The molecular weight excluding hydrogens is 237 g/mol. The second kappa shape index (κ2) is 4.37. The van der Waals surface area contributed by atoms with Crippen LogP contribution in [0.5, 0.6) is 0 Å². The van der Waals surface area contributed by atoms with Crippen molar-refractivity contribution in [2.75, 3.05) is 5.32 Å². The lowest BCUT2D eigenvalue weighted by Crippen LogP contribution is -2.00. The summed E-state index contributed by atoms with van der Waals surface area (Å²) in [4.78, 5) is 15.3. The number of halogens is 2. The molecule has 0 atom stereocenters. The van der Waals surface area contributed by atoms with Crippen LogP contribution in [0.4, 0.5) is 11.8 Å². The van der Waals surface area contributed by atoms with Crippen molar-refractivity contribution >= 4 is 35.0 Å². The largest absolute Gasteiger partial charge is 0.309 e. The van der Waals surface area contributed by atoms with Crippen LogP contribution in [-0.2, 0) is 0 Å². The Balaban J connectivity index is 2.25. The molecule has 0 amide bonds. The van der Waals surface area contributed by atoms with Gasteiger partial charge in [-0.1, -0.05) is 6.07 Å². The fourth-order valence-corrected chi connectivity index (χ4v) is 1.30. The highest BCUT2D eigenvalue weighted by molar-refractivity contribution is 6.31. The number of hydrogen-bond acceptors (Lipinski definition) is 5. The van der Waals surface area contributed by atoms with Gasteiger partial charge in [0.15, 0.2) is 0 Å². The quantitative estimate of drug-likeness (QED) is 0.875. The van der Waals surface area contributed by atoms with Gasteiger partial charge in [0.05, 0.1) is 0 Å². The van der Waals surface area contributed by atoms with Gasteiger partial charge in [0.1, 0.15) is 5.82 Å². The third-order valence-electron chi connectivity index (χ3n) is 1.49. The fraction of sp³-hybridized carbons (Fsp3) is 0. The number of aromatic nitrogens is 4. The molecule has 0 aliphatic heterocycles. The van der Waals surface area contributed by atoms with Crippen LogP contribution in [0, 0.1) is 0 Å². The van der Waals surface area contributed by atoms with Crippen molar-refractivity contribution in [1.29, 1.82) is 0 Å². The summed E-state index contributed by atoms with van der Waals surface area (Å²) < 4.78 is 0. The summed E-state index contributed by atoms with van der Waals surface area (Å²) in [7, 11) is 0. The zero-order valence-corrected chi connectivity index (χ0v) is 8.87. The van der Waals surface area contributed by atoms with Crippen molar-refractivity contribution in [3.05, 3.63) is 35.0 Å². The van der Waals surface area contributed by atoms with E-state index in [0.29, 0.717) is 5.82 Å². The van der Waals surface area contributed by atoms with E-state index in [9.17, 15) is 0 Å². The molecule has 0 radical (unpaired) electrons. The zero-order valence-electron chi connectivity index (χ0n) is 7.35. The van der Waals surface area contributed by atoms with Gasteiger partial charge >= 0.3 is 0 Å². The molecule has 76 valence electrons. The third kappa shape index (κ3) is 2.74. The van der Waals surface area contributed by atoms with Gasteiger partial charge in [0.25, 0.3) is 0 Å². The number of anilines is 2. The Labute approximate surface area is 95.5 Å². The van der Waals surface area contributed by atoms with Gasteiger partial charge in [-0.15, -0.1) is 0 Å². The average molecular weight is 242 g/mol. The van der Waals surface area contributed by atoms with Gasteiger partial charge in [-0.2, -0.15) is 15.0 Å². The van der Waals surface area contributed by atoms with E-state index in [2.05, 4.69) is 25.3 Å². The predicted molar refractivity (Wildman–Crippen MR) is 57.4 cm³/mol. The standard InChI is InChI=1S/C8H5Cl2N5/c9-6-13-7(10)15-8(14-6)12-5-3-1-2-4-11-5/h1-4H,(H,11,12,13,14,15). The number of nitrogens with one attached hydrogen (secondary N) is 1. The molecule has 0 fully saturated rings. The van der Waals surface area contributed by atoms with Crippen LogP contribution >= 0.6 is 23.2 Å². The SMILES string of the molecule is Clc1nc(Cl)nc(Nc2ccccn2)n1. The zero-order chi connectivity index (χ0) is 10.7. The maximum Gasteiger partial charge on any atom is 0.234 e. The van der Waals surface area contributed by atoms with E-state index in [-0.39, 0.29) is 16.5 Å². The Hall–Kier alpha value is -1.46. The fourth-order valence-electron chi connectivity index (χ4n) is 0.933. The number of rotatable bonds is 2. The summed E-state index contributed by atoms with van der Waals surface area (Å²) in [6.07, 6.45) is 1.65. The Morgan fingerprint density at radius 3 is 2.33 bits per heavy atom. The van der Waals surface area contributed by atoms with Crippen molar-refractivity contribution < 1.29 is 0 Å². The Bertz CT molecular complexity index is 442. The summed E-state index contributed by atoms with van der Waals surface area (Å²) in [5.74, 6) is 0.870. The van der Waals surface area contributed by atoms with Crippen LogP contribution in [0.1, 0.15) is 0 Å². The van der Waals surface area contributed by atoms with Crippen LogP contribution < -0.4 is 5.32 Å². The summed E-state index contributed by atoms with van der Waals surface area (Å²) in [6.45, 7) is 0. The smallest absolute Gasteiger partial charge is 0.234 e. The first kappa shape index (κ1) is 10.1. The molecule has 1 N–H and O–H groups in total. The Morgan fingerprint density at radius 2 is 1.73 bits per heavy atom. The second-order valence-electron chi connectivity index (χ2n) is 2.54. The monoisotopic (exact) mass is 241 g/mol. The molecule has 2 aromatic heterocycles. The van der Waals surface area contributed by atoms with Crippen LogP contribution in [-0.4, -0.2) is 19.9 Å². The first-order valence-corrected chi connectivity index (χ1v) is 4.75. The van der Waals surface area contributed by atoms with E-state index < -0.39 is 0 Å². The third-order valence-corrected chi connectivity index (χ3v) is 1.82. The van der Waals surface area contributed by atoms with Crippen molar-refractivity contribution in [2.24, 2.45) is 0 Å². The number of pyridine rings is 1. The summed E-state index contributed by atoms with van der Waals surface area (Å²) >= 11 is 11.2. The van der Waals surface area contributed by atoms with E-state index in [4.69, 9.17) is 23.2 Å². The molecule has 0 spiro atoms. The maximum absolute atomic E-state index is 5.61. The summed E-state index contributed by atoms with van der Waals surface area (Å²) in [5.41, 5.74) is 0. The highest BCUT2D eigenvalue weighted by atomic mass is 35.5. The predicted octanol–water partition coefficient (Wildman–Crippen LogP) is 2.32. The molecule has 0 saturated heterocycles. The first-order valence-electron chi connectivity index (χ1n) is 3.99. The topological polar surface area (TPSA) is 63.6 Å². The highest BCUT2D eigenvalue weighted by Gasteiger charge is 2.03. The van der Waals surface area contributed by atoms with Crippen LogP contribution in [0.15, 0.2) is 24.4 Å². The normalized spacial score (nSPS) is 10.0. The molecule has 0 aromatic carbocycles. The molecule has 0 saturated carbocycles. The molecule has 7 heteroatoms. The molecule has 15 heavy (non-hydrogen) atoms. The molecule has 2 rings (SSSR count). The molecule has 0 bridgehead atoms. The second-order valence-corrected chi connectivity index (χ2v) is 3.21. The maximum atomic E-state index is 5.61. The van der Waals surface area contributed by atoms with E-state index in [1.165, 1.54) is 0 Å². The summed E-state index contributed by atoms with van der Waals surface area (Å²) in [6, 6.07) is 5.41. The van der Waals surface area contributed by atoms with Gasteiger partial charge in [-0.25, -0.2) is 4.98 Å². The van der Waals surface area contributed by atoms with E-state index in [0.717, 1.165) is 0 Å². The minimum absolute atomic E-state index is 0.0356. The van der Waals surface area contributed by atoms with Gasteiger partial charge < -0.3 is 5.32 Å². The lowest BCUT2D eigenvalue weighted by Gasteiger charge is -2.02. The minimum atomic E-state index is 0.0356. The lowest BCUT2D eigenvalue weighted by molar-refractivity contribution is 1.05. The Kier molecular flexibility index (Phi) is 2.94. The van der Waals surface area contributed by atoms with E-state index in [1.54, 1.807) is 18.3 Å². The van der Waals surface area contributed by atoms with Gasteiger partial charge in [-0.05, 0) is 35.3 Å². The van der Waals surface area contributed by atoms with Crippen molar-refractivity contribution in [1.82, 2.24) is 19.9 Å².